The Labute approximate surface area is 121 Å². The number of aromatic hydroxyl groups is 1. The normalized spacial score (nSPS) is 10.2. The van der Waals surface area contributed by atoms with Crippen LogP contribution < -0.4 is 0 Å². The molecule has 0 aromatic heterocycles. The zero-order valence-corrected chi connectivity index (χ0v) is 10.7. The molecule has 0 saturated heterocycles. The summed E-state index contributed by atoms with van der Waals surface area (Å²) in [6.45, 7) is 0. The molecule has 0 saturated carbocycles. The third-order valence-corrected chi connectivity index (χ3v) is 2.88. The van der Waals surface area contributed by atoms with Crippen molar-refractivity contribution in [1.29, 1.82) is 0 Å². The molecule has 0 aliphatic heterocycles. The first-order valence-corrected chi connectivity index (χ1v) is 5.73. The van der Waals surface area contributed by atoms with E-state index in [1.165, 1.54) is 18.2 Å². The smallest absolute Gasteiger partial charge is 0.354 e. The van der Waals surface area contributed by atoms with Gasteiger partial charge in [0.1, 0.15) is 0 Å². The van der Waals surface area contributed by atoms with Gasteiger partial charge in [-0.1, -0.05) is 12.1 Å². The average molecular weight is 305 g/mol. The number of nitro groups is 3. The molecule has 2 rings (SSSR count). The van der Waals surface area contributed by atoms with E-state index in [9.17, 15) is 35.4 Å². The van der Waals surface area contributed by atoms with Gasteiger partial charge in [-0.15, -0.1) is 0 Å². The summed E-state index contributed by atoms with van der Waals surface area (Å²) in [5.74, 6) is -0.691. The van der Waals surface area contributed by atoms with Crippen LogP contribution in [0.1, 0.15) is 0 Å². The number of nitrogens with zero attached hydrogens (tertiary/aromatic N) is 3. The topological polar surface area (TPSA) is 150 Å². The minimum atomic E-state index is -0.985. The van der Waals surface area contributed by atoms with Crippen molar-refractivity contribution in [3.05, 3.63) is 66.7 Å². The second-order valence-electron chi connectivity index (χ2n) is 4.12. The number of phenols is 1. The van der Waals surface area contributed by atoms with Gasteiger partial charge in [0.05, 0.1) is 25.9 Å². The summed E-state index contributed by atoms with van der Waals surface area (Å²) < 4.78 is 0. The van der Waals surface area contributed by atoms with Crippen molar-refractivity contribution < 1.29 is 19.9 Å². The highest BCUT2D eigenvalue weighted by atomic mass is 16.6. The molecule has 0 bridgehead atoms. The Morgan fingerprint density at radius 1 is 0.727 bits per heavy atom. The molecule has 0 heterocycles. The summed E-state index contributed by atoms with van der Waals surface area (Å²) in [4.78, 5) is 30.3. The number of hydrogen-bond acceptors (Lipinski definition) is 7. The first-order chi connectivity index (χ1) is 10.3. The van der Waals surface area contributed by atoms with Crippen molar-refractivity contribution in [1.82, 2.24) is 0 Å². The molecule has 10 nitrogen and oxygen atoms in total. The molecule has 0 aliphatic rings. The Hall–Kier alpha value is -3.56. The molecule has 0 fully saturated rings. The Balaban J connectivity index is 2.88. The van der Waals surface area contributed by atoms with Crippen molar-refractivity contribution in [3.63, 3.8) is 0 Å². The molecule has 2 aromatic rings. The fraction of sp³-hybridized carbons (Fsp3) is 0. The highest BCUT2D eigenvalue weighted by Gasteiger charge is 2.32. The van der Waals surface area contributed by atoms with E-state index in [1.807, 2.05) is 0 Å². The Bertz CT molecular complexity index is 803. The van der Waals surface area contributed by atoms with Crippen LogP contribution in [0.4, 0.5) is 17.1 Å². The molecular weight excluding hydrogens is 298 g/mol. The molecule has 1 N–H and O–H groups in total. The number of benzene rings is 2. The monoisotopic (exact) mass is 305 g/mol. The van der Waals surface area contributed by atoms with Gasteiger partial charge in [0.2, 0.25) is 0 Å². The van der Waals surface area contributed by atoms with Crippen molar-refractivity contribution in [3.8, 4) is 16.9 Å². The van der Waals surface area contributed by atoms with E-state index in [0.717, 1.165) is 18.2 Å². The van der Waals surface area contributed by atoms with Gasteiger partial charge < -0.3 is 5.11 Å². The lowest BCUT2D eigenvalue weighted by Crippen LogP contribution is -2.00. The van der Waals surface area contributed by atoms with E-state index < -0.39 is 37.6 Å². The summed E-state index contributed by atoms with van der Waals surface area (Å²) in [6, 6.07) is 6.71. The average Bonchev–Trinajstić information content (AvgIpc) is 2.45. The minimum absolute atomic E-state index is 0.277. The van der Waals surface area contributed by atoms with Crippen molar-refractivity contribution in [2.45, 2.75) is 0 Å². The van der Waals surface area contributed by atoms with Gasteiger partial charge in [-0.25, -0.2) is 0 Å². The van der Waals surface area contributed by atoms with Gasteiger partial charge in [0, 0.05) is 6.07 Å². The first-order valence-electron chi connectivity index (χ1n) is 5.73. The highest BCUT2D eigenvalue weighted by Crippen LogP contribution is 2.43. The molecule has 0 radical (unpaired) electrons. The van der Waals surface area contributed by atoms with E-state index >= 15 is 0 Å². The fourth-order valence-corrected chi connectivity index (χ4v) is 2.03. The maximum atomic E-state index is 11.2. The summed E-state index contributed by atoms with van der Waals surface area (Å²) in [6.07, 6.45) is 0. The van der Waals surface area contributed by atoms with E-state index in [4.69, 9.17) is 0 Å². The zero-order chi connectivity index (χ0) is 16.4. The van der Waals surface area contributed by atoms with Crippen LogP contribution >= 0.6 is 0 Å². The maximum absolute atomic E-state index is 11.2. The van der Waals surface area contributed by atoms with E-state index in [2.05, 4.69) is 0 Å². The largest absolute Gasteiger partial charge is 0.502 e. The number of para-hydroxylation sites is 2. The third kappa shape index (κ3) is 2.40. The van der Waals surface area contributed by atoms with Gasteiger partial charge in [0.25, 0.3) is 0 Å². The number of hydrogen-bond donors (Lipinski definition) is 1. The third-order valence-electron chi connectivity index (χ3n) is 2.88. The summed E-state index contributed by atoms with van der Waals surface area (Å²) in [7, 11) is 0. The van der Waals surface area contributed by atoms with Gasteiger partial charge in [-0.3, -0.25) is 30.3 Å². The quantitative estimate of drug-likeness (QED) is 0.673. The summed E-state index contributed by atoms with van der Waals surface area (Å²) in [5.41, 5.74) is -3.02. The van der Waals surface area contributed by atoms with E-state index in [0.29, 0.717) is 0 Å². The van der Waals surface area contributed by atoms with E-state index in [-0.39, 0.29) is 11.1 Å². The molecule has 0 atom stereocenters. The number of rotatable bonds is 4. The van der Waals surface area contributed by atoms with Crippen LogP contribution in [0.15, 0.2) is 36.4 Å². The van der Waals surface area contributed by atoms with Crippen LogP contribution in [-0.2, 0) is 0 Å². The SMILES string of the molecule is O=[N+]([O-])c1cccc(-c2cccc(O)c2[N+](=O)[O-])c1[N+](=O)[O-]. The van der Waals surface area contributed by atoms with Gasteiger partial charge in [-0.2, -0.15) is 0 Å². The van der Waals surface area contributed by atoms with Crippen molar-refractivity contribution in [2.75, 3.05) is 0 Å². The molecule has 112 valence electrons. The van der Waals surface area contributed by atoms with Crippen LogP contribution in [0.25, 0.3) is 11.1 Å². The minimum Gasteiger partial charge on any atom is -0.502 e. The van der Waals surface area contributed by atoms with Crippen molar-refractivity contribution in [2.24, 2.45) is 0 Å². The lowest BCUT2D eigenvalue weighted by atomic mass is 10.0. The maximum Gasteiger partial charge on any atom is 0.354 e. The molecule has 0 aliphatic carbocycles. The summed E-state index contributed by atoms with van der Waals surface area (Å²) in [5, 5.41) is 42.7. The zero-order valence-electron chi connectivity index (χ0n) is 10.7. The number of phenolic OH excluding ortho intramolecular Hbond substituents is 1. The van der Waals surface area contributed by atoms with Gasteiger partial charge in [-0.05, 0) is 18.2 Å². The van der Waals surface area contributed by atoms with Crippen molar-refractivity contribution >= 4 is 17.1 Å². The highest BCUT2D eigenvalue weighted by molar-refractivity contribution is 5.86. The lowest BCUT2D eigenvalue weighted by molar-refractivity contribution is -0.422. The standard InChI is InChI=1S/C12H7N3O7/c16-10-6-2-4-8(12(10)15(21)22)7-3-1-5-9(13(17)18)11(7)14(19)20/h1-6,16H. The second-order valence-corrected chi connectivity index (χ2v) is 4.12. The predicted octanol–water partition coefficient (Wildman–Crippen LogP) is 2.78. The lowest BCUT2D eigenvalue weighted by Gasteiger charge is -2.05. The number of nitro benzene ring substituents is 3. The van der Waals surface area contributed by atoms with Gasteiger partial charge >= 0.3 is 17.1 Å². The molecule has 0 amide bonds. The molecular formula is C12H7N3O7. The predicted molar refractivity (Wildman–Crippen MR) is 73.5 cm³/mol. The molecule has 0 spiro atoms. The van der Waals surface area contributed by atoms with Gasteiger partial charge in [0.15, 0.2) is 5.75 Å². The first kappa shape index (κ1) is 14.8. The fourth-order valence-electron chi connectivity index (χ4n) is 2.03. The van der Waals surface area contributed by atoms with Crippen LogP contribution in [0.3, 0.4) is 0 Å². The molecule has 22 heavy (non-hydrogen) atoms. The van der Waals surface area contributed by atoms with Crippen LogP contribution in [0.5, 0.6) is 5.75 Å². The van der Waals surface area contributed by atoms with Crippen LogP contribution in [-0.4, -0.2) is 19.9 Å². The molecule has 2 aromatic carbocycles. The molecule has 0 unspecified atom stereocenters. The van der Waals surface area contributed by atoms with Crippen LogP contribution in [0.2, 0.25) is 0 Å². The Morgan fingerprint density at radius 2 is 1.23 bits per heavy atom. The Kier molecular flexibility index (Phi) is 3.67. The van der Waals surface area contributed by atoms with Crippen LogP contribution in [0, 0.1) is 30.3 Å². The summed E-state index contributed by atoms with van der Waals surface area (Å²) >= 11 is 0. The molecule has 10 heteroatoms. The van der Waals surface area contributed by atoms with E-state index in [1.54, 1.807) is 0 Å². The second kappa shape index (κ2) is 5.44. The Morgan fingerprint density at radius 3 is 1.73 bits per heavy atom.